The number of amides is 1. The first-order valence-corrected chi connectivity index (χ1v) is 5.76. The van der Waals surface area contributed by atoms with Gasteiger partial charge in [-0.2, -0.15) is 0 Å². The third kappa shape index (κ3) is 6.01. The molecule has 0 spiro atoms. The topological polar surface area (TPSA) is 43.1 Å². The van der Waals surface area contributed by atoms with E-state index in [1.165, 1.54) is 6.42 Å². The molecule has 0 bridgehead atoms. The Bertz CT molecular complexity index is 166. The molecule has 14 heavy (non-hydrogen) atoms. The van der Waals surface area contributed by atoms with E-state index in [1.54, 1.807) is 0 Å². The van der Waals surface area contributed by atoms with Crippen LogP contribution in [0.4, 0.5) is 0 Å². The maximum atomic E-state index is 11.2. The van der Waals surface area contributed by atoms with E-state index < -0.39 is 0 Å². The van der Waals surface area contributed by atoms with Crippen molar-refractivity contribution in [1.82, 2.24) is 0 Å². The molecule has 84 valence electrons. The second kappa shape index (κ2) is 6.86. The molecule has 0 aliphatic heterocycles. The monoisotopic (exact) mass is 199 g/mol. The van der Waals surface area contributed by atoms with Crippen LogP contribution in [-0.2, 0) is 4.79 Å². The minimum atomic E-state index is -0.123. The fraction of sp³-hybridized carbons (Fsp3) is 0.917. The van der Waals surface area contributed by atoms with Crippen LogP contribution in [0.1, 0.15) is 53.4 Å². The second-order valence-electron chi connectivity index (χ2n) is 4.82. The Hall–Kier alpha value is -0.530. The van der Waals surface area contributed by atoms with E-state index in [-0.39, 0.29) is 11.8 Å². The molecule has 1 amide bonds. The van der Waals surface area contributed by atoms with Gasteiger partial charge in [0.2, 0.25) is 5.91 Å². The summed E-state index contributed by atoms with van der Waals surface area (Å²) in [7, 11) is 0. The average Bonchev–Trinajstić information content (AvgIpc) is 2.10. The summed E-state index contributed by atoms with van der Waals surface area (Å²) in [6.45, 7) is 8.69. The summed E-state index contributed by atoms with van der Waals surface area (Å²) in [5.41, 5.74) is 5.37. The molecular formula is C12H25NO. The van der Waals surface area contributed by atoms with Gasteiger partial charge in [0.15, 0.2) is 0 Å². The molecule has 0 heterocycles. The zero-order valence-electron chi connectivity index (χ0n) is 10.0. The van der Waals surface area contributed by atoms with E-state index in [2.05, 4.69) is 27.7 Å². The quantitative estimate of drug-likeness (QED) is 0.673. The predicted octanol–water partition coefficient (Wildman–Crippen LogP) is 2.96. The molecule has 0 fully saturated rings. The molecule has 2 unspecified atom stereocenters. The van der Waals surface area contributed by atoms with Crippen LogP contribution in [0.25, 0.3) is 0 Å². The zero-order valence-corrected chi connectivity index (χ0v) is 10.0. The molecule has 0 rings (SSSR count). The van der Waals surface area contributed by atoms with Gasteiger partial charge in [0.05, 0.1) is 0 Å². The normalized spacial score (nSPS) is 15.5. The molecule has 2 nitrogen and oxygen atoms in total. The van der Waals surface area contributed by atoms with Crippen LogP contribution in [0.15, 0.2) is 0 Å². The standard InChI is InChI=1S/C12H25NO/c1-5-10(4)6-7-11(12(13)14)8-9(2)3/h9-11H,5-8H2,1-4H3,(H2,13,14). The summed E-state index contributed by atoms with van der Waals surface area (Å²) in [5, 5.41) is 0. The largest absolute Gasteiger partial charge is 0.369 e. The van der Waals surface area contributed by atoms with Gasteiger partial charge < -0.3 is 5.73 Å². The predicted molar refractivity (Wildman–Crippen MR) is 60.8 cm³/mol. The summed E-state index contributed by atoms with van der Waals surface area (Å²) >= 11 is 0. The van der Waals surface area contributed by atoms with Crippen LogP contribution in [0.5, 0.6) is 0 Å². The van der Waals surface area contributed by atoms with Crippen LogP contribution < -0.4 is 5.73 Å². The van der Waals surface area contributed by atoms with Crippen molar-refractivity contribution in [2.24, 2.45) is 23.5 Å². The Morgan fingerprint density at radius 2 is 1.79 bits per heavy atom. The van der Waals surface area contributed by atoms with Gasteiger partial charge in [-0.25, -0.2) is 0 Å². The zero-order chi connectivity index (χ0) is 11.1. The second-order valence-corrected chi connectivity index (χ2v) is 4.82. The maximum Gasteiger partial charge on any atom is 0.220 e. The number of hydrogen-bond donors (Lipinski definition) is 1. The third-order valence-electron chi connectivity index (χ3n) is 2.86. The van der Waals surface area contributed by atoms with Gasteiger partial charge in [-0.1, -0.05) is 34.1 Å². The van der Waals surface area contributed by atoms with E-state index in [9.17, 15) is 4.79 Å². The van der Waals surface area contributed by atoms with Crippen molar-refractivity contribution in [2.45, 2.75) is 53.4 Å². The first kappa shape index (κ1) is 13.5. The average molecular weight is 199 g/mol. The minimum Gasteiger partial charge on any atom is -0.369 e. The van der Waals surface area contributed by atoms with Gasteiger partial charge in [-0.05, 0) is 31.1 Å². The molecule has 0 aromatic carbocycles. The highest BCUT2D eigenvalue weighted by Crippen LogP contribution is 2.20. The maximum absolute atomic E-state index is 11.2. The number of primary amides is 1. The third-order valence-corrected chi connectivity index (χ3v) is 2.86. The lowest BCUT2D eigenvalue weighted by Crippen LogP contribution is -2.25. The highest BCUT2D eigenvalue weighted by molar-refractivity contribution is 5.76. The molecule has 0 aliphatic carbocycles. The van der Waals surface area contributed by atoms with Crippen LogP contribution >= 0.6 is 0 Å². The summed E-state index contributed by atoms with van der Waals surface area (Å²) in [5.74, 6) is 1.24. The van der Waals surface area contributed by atoms with Crippen LogP contribution in [0, 0.1) is 17.8 Å². The summed E-state index contributed by atoms with van der Waals surface area (Å²) in [6.07, 6.45) is 4.21. The Morgan fingerprint density at radius 3 is 2.14 bits per heavy atom. The highest BCUT2D eigenvalue weighted by atomic mass is 16.1. The molecule has 0 radical (unpaired) electrons. The highest BCUT2D eigenvalue weighted by Gasteiger charge is 2.17. The van der Waals surface area contributed by atoms with Gasteiger partial charge in [0.1, 0.15) is 0 Å². The number of carbonyl (C=O) groups excluding carboxylic acids is 1. The van der Waals surface area contributed by atoms with E-state index in [4.69, 9.17) is 5.73 Å². The summed E-state index contributed by atoms with van der Waals surface area (Å²) < 4.78 is 0. The van der Waals surface area contributed by atoms with Gasteiger partial charge in [-0.3, -0.25) is 4.79 Å². The Kier molecular flexibility index (Phi) is 6.60. The van der Waals surface area contributed by atoms with Crippen molar-refractivity contribution < 1.29 is 4.79 Å². The van der Waals surface area contributed by atoms with Gasteiger partial charge in [-0.15, -0.1) is 0 Å². The molecule has 0 saturated heterocycles. The van der Waals surface area contributed by atoms with E-state index in [1.807, 2.05) is 0 Å². The fourth-order valence-electron chi connectivity index (χ4n) is 1.64. The van der Waals surface area contributed by atoms with Gasteiger partial charge in [0, 0.05) is 5.92 Å². The Balaban J connectivity index is 3.91. The molecular weight excluding hydrogens is 174 g/mol. The first-order valence-electron chi connectivity index (χ1n) is 5.76. The van der Waals surface area contributed by atoms with Crippen molar-refractivity contribution in [2.75, 3.05) is 0 Å². The minimum absolute atomic E-state index is 0.0870. The van der Waals surface area contributed by atoms with Crippen molar-refractivity contribution in [3.8, 4) is 0 Å². The molecule has 2 N–H and O–H groups in total. The number of hydrogen-bond acceptors (Lipinski definition) is 1. The lowest BCUT2D eigenvalue weighted by molar-refractivity contribution is -0.122. The first-order chi connectivity index (χ1) is 6.47. The van der Waals surface area contributed by atoms with E-state index >= 15 is 0 Å². The number of nitrogens with two attached hydrogens (primary N) is 1. The smallest absolute Gasteiger partial charge is 0.220 e. The molecule has 2 heteroatoms. The summed E-state index contributed by atoms with van der Waals surface area (Å²) in [4.78, 5) is 11.2. The van der Waals surface area contributed by atoms with Crippen molar-refractivity contribution >= 4 is 5.91 Å². The van der Waals surface area contributed by atoms with Crippen LogP contribution in [0.3, 0.4) is 0 Å². The SMILES string of the molecule is CCC(C)CCC(CC(C)C)C(N)=O. The van der Waals surface area contributed by atoms with Crippen molar-refractivity contribution in [1.29, 1.82) is 0 Å². The van der Waals surface area contributed by atoms with E-state index in [0.29, 0.717) is 11.8 Å². The lowest BCUT2D eigenvalue weighted by atomic mass is 9.89. The summed E-state index contributed by atoms with van der Waals surface area (Å²) in [6, 6.07) is 0. The fourth-order valence-corrected chi connectivity index (χ4v) is 1.64. The molecule has 0 saturated carbocycles. The molecule has 0 aromatic rings. The van der Waals surface area contributed by atoms with Crippen molar-refractivity contribution in [3.63, 3.8) is 0 Å². The molecule has 0 aromatic heterocycles. The Morgan fingerprint density at radius 1 is 1.21 bits per heavy atom. The van der Waals surface area contributed by atoms with E-state index in [0.717, 1.165) is 19.3 Å². The van der Waals surface area contributed by atoms with Gasteiger partial charge in [0.25, 0.3) is 0 Å². The van der Waals surface area contributed by atoms with Crippen LogP contribution in [-0.4, -0.2) is 5.91 Å². The Labute approximate surface area is 88.3 Å². The number of carbonyl (C=O) groups is 1. The van der Waals surface area contributed by atoms with Crippen molar-refractivity contribution in [3.05, 3.63) is 0 Å². The van der Waals surface area contributed by atoms with Crippen LogP contribution in [0.2, 0.25) is 0 Å². The van der Waals surface area contributed by atoms with Gasteiger partial charge >= 0.3 is 0 Å². The molecule has 0 aliphatic rings. The lowest BCUT2D eigenvalue weighted by Gasteiger charge is -2.17. The number of rotatable bonds is 7. The molecule has 2 atom stereocenters.